The van der Waals surface area contributed by atoms with E-state index in [9.17, 15) is 14.4 Å². The Morgan fingerprint density at radius 2 is 1.75 bits per heavy atom. The maximum atomic E-state index is 13.0. The first-order valence-corrected chi connectivity index (χ1v) is 10.9. The molecule has 1 saturated heterocycles. The van der Waals surface area contributed by atoms with Gasteiger partial charge in [-0.05, 0) is 46.2 Å². The second kappa shape index (κ2) is 9.84. The number of nitrogens with zero attached hydrogens (tertiary/aromatic N) is 4. The number of piperazine rings is 1. The summed E-state index contributed by atoms with van der Waals surface area (Å²) in [4.78, 5) is 40.9. The van der Waals surface area contributed by atoms with Crippen LogP contribution in [0.1, 0.15) is 47.1 Å². The van der Waals surface area contributed by atoms with Crippen molar-refractivity contribution < 1.29 is 19.1 Å². The zero-order chi connectivity index (χ0) is 23.4. The Morgan fingerprint density at radius 3 is 2.41 bits per heavy atom. The average Bonchev–Trinajstić information content (AvgIpc) is 3.14. The number of rotatable bonds is 5. The van der Waals surface area contributed by atoms with Crippen molar-refractivity contribution >= 4 is 23.6 Å². The van der Waals surface area contributed by atoms with Crippen molar-refractivity contribution in [2.24, 2.45) is 0 Å². The van der Waals surface area contributed by atoms with Crippen molar-refractivity contribution in [2.45, 2.75) is 40.7 Å². The quantitative estimate of drug-likeness (QED) is 0.770. The third kappa shape index (κ3) is 5.09. The fraction of sp³-hybridized carbons (Fsp3) is 0.478. The van der Waals surface area contributed by atoms with Crippen LogP contribution < -0.4 is 5.32 Å². The van der Waals surface area contributed by atoms with Gasteiger partial charge >= 0.3 is 6.09 Å². The third-order valence-corrected chi connectivity index (χ3v) is 5.67. The van der Waals surface area contributed by atoms with Crippen LogP contribution in [0.3, 0.4) is 0 Å². The first-order chi connectivity index (χ1) is 15.2. The minimum Gasteiger partial charge on any atom is -0.450 e. The Balaban J connectivity index is 1.65. The molecule has 172 valence electrons. The second-order valence-corrected chi connectivity index (χ2v) is 8.07. The molecule has 1 atom stereocenters. The van der Waals surface area contributed by atoms with E-state index in [0.717, 1.165) is 11.1 Å². The molecule has 1 aliphatic heterocycles. The Kier molecular flexibility index (Phi) is 7.17. The van der Waals surface area contributed by atoms with E-state index in [0.29, 0.717) is 49.7 Å². The van der Waals surface area contributed by atoms with E-state index >= 15 is 0 Å². The maximum Gasteiger partial charge on any atom is 0.409 e. The molecule has 0 aliphatic carbocycles. The fourth-order valence-corrected chi connectivity index (χ4v) is 3.67. The van der Waals surface area contributed by atoms with E-state index in [-0.39, 0.29) is 17.9 Å². The van der Waals surface area contributed by atoms with Gasteiger partial charge < -0.3 is 19.9 Å². The summed E-state index contributed by atoms with van der Waals surface area (Å²) in [5.74, 6) is -0.286. The maximum absolute atomic E-state index is 13.0. The topological polar surface area (TPSA) is 96.8 Å². The molecule has 1 N–H and O–H groups in total. The number of nitrogens with one attached hydrogen (secondary N) is 1. The number of aromatic nitrogens is 2. The molecule has 2 heterocycles. The number of benzene rings is 1. The third-order valence-electron chi connectivity index (χ3n) is 5.67. The fourth-order valence-electron chi connectivity index (χ4n) is 3.67. The zero-order valence-corrected chi connectivity index (χ0v) is 19.3. The molecule has 1 aromatic heterocycles. The molecule has 3 rings (SSSR count). The van der Waals surface area contributed by atoms with Crippen LogP contribution >= 0.6 is 0 Å². The lowest BCUT2D eigenvalue weighted by Gasteiger charge is -2.35. The summed E-state index contributed by atoms with van der Waals surface area (Å²) in [5.41, 5.74) is 3.72. The summed E-state index contributed by atoms with van der Waals surface area (Å²) in [7, 11) is 0. The Hall–Kier alpha value is -3.36. The zero-order valence-electron chi connectivity index (χ0n) is 19.3. The van der Waals surface area contributed by atoms with Crippen molar-refractivity contribution in [1.29, 1.82) is 0 Å². The monoisotopic (exact) mass is 441 g/mol. The molecule has 0 saturated carbocycles. The van der Waals surface area contributed by atoms with E-state index in [2.05, 4.69) is 10.4 Å². The molecule has 1 fully saturated rings. The van der Waals surface area contributed by atoms with Gasteiger partial charge in [0.05, 0.1) is 18.0 Å². The summed E-state index contributed by atoms with van der Waals surface area (Å²) in [6.45, 7) is 11.3. The Bertz CT molecular complexity index is 1010. The van der Waals surface area contributed by atoms with Gasteiger partial charge in [0.15, 0.2) is 0 Å². The van der Waals surface area contributed by atoms with Crippen LogP contribution in [-0.4, -0.2) is 70.3 Å². The van der Waals surface area contributed by atoms with Crippen molar-refractivity contribution in [3.63, 3.8) is 0 Å². The molecule has 0 bridgehead atoms. The van der Waals surface area contributed by atoms with Crippen molar-refractivity contribution in [3.8, 4) is 0 Å². The highest BCUT2D eigenvalue weighted by molar-refractivity contribution is 6.05. The molecule has 0 radical (unpaired) electrons. The van der Waals surface area contributed by atoms with E-state index < -0.39 is 6.04 Å². The number of amides is 3. The van der Waals surface area contributed by atoms with Crippen LogP contribution in [0.2, 0.25) is 0 Å². The van der Waals surface area contributed by atoms with Gasteiger partial charge in [0.25, 0.3) is 5.91 Å². The molecule has 32 heavy (non-hydrogen) atoms. The molecule has 9 heteroatoms. The Morgan fingerprint density at radius 1 is 1.09 bits per heavy atom. The molecule has 1 aliphatic rings. The first-order valence-electron chi connectivity index (χ1n) is 10.9. The minimum absolute atomic E-state index is 0.0802. The predicted octanol–water partition coefficient (Wildman–Crippen LogP) is 2.92. The van der Waals surface area contributed by atoms with Crippen LogP contribution in [0.25, 0.3) is 0 Å². The SMILES string of the molecule is CCOC(=O)N1CCN(C(=O)C(C)n2cc(NC(=O)c3cc(C)ccc3C)c(C)n2)CC1. The first kappa shape index (κ1) is 23.3. The molecule has 1 aromatic carbocycles. The van der Waals surface area contributed by atoms with Gasteiger partial charge in [-0.2, -0.15) is 5.10 Å². The van der Waals surface area contributed by atoms with Gasteiger partial charge in [-0.1, -0.05) is 17.7 Å². The average molecular weight is 442 g/mol. The standard InChI is InChI=1S/C23H31N5O4/c1-6-32-23(31)27-11-9-26(10-12-27)22(30)18(5)28-14-20(17(4)25-28)24-21(29)19-13-15(2)7-8-16(19)3/h7-8,13-14,18H,6,9-12H2,1-5H3,(H,24,29). The summed E-state index contributed by atoms with van der Waals surface area (Å²) in [6, 6.07) is 5.21. The van der Waals surface area contributed by atoms with Crippen LogP contribution in [0.4, 0.5) is 10.5 Å². The van der Waals surface area contributed by atoms with Crippen LogP contribution in [-0.2, 0) is 9.53 Å². The molecule has 1 unspecified atom stereocenters. The molecule has 9 nitrogen and oxygen atoms in total. The number of anilines is 1. The lowest BCUT2D eigenvalue weighted by Crippen LogP contribution is -2.52. The second-order valence-electron chi connectivity index (χ2n) is 8.07. The van der Waals surface area contributed by atoms with Crippen molar-refractivity contribution in [3.05, 3.63) is 46.8 Å². The number of hydrogen-bond acceptors (Lipinski definition) is 5. The van der Waals surface area contributed by atoms with Gasteiger partial charge in [0.2, 0.25) is 5.91 Å². The number of ether oxygens (including phenoxy) is 1. The molecular weight excluding hydrogens is 410 g/mol. The minimum atomic E-state index is -0.533. The number of carbonyl (C=O) groups excluding carboxylic acids is 3. The summed E-state index contributed by atoms with van der Waals surface area (Å²) < 4.78 is 6.60. The number of hydrogen-bond donors (Lipinski definition) is 1. The predicted molar refractivity (Wildman–Crippen MR) is 121 cm³/mol. The highest BCUT2D eigenvalue weighted by atomic mass is 16.6. The normalized spacial score (nSPS) is 14.8. The number of aryl methyl sites for hydroxylation is 3. The lowest BCUT2D eigenvalue weighted by atomic mass is 10.1. The van der Waals surface area contributed by atoms with Gasteiger partial charge in [-0.25, -0.2) is 4.79 Å². The molecule has 2 aromatic rings. The van der Waals surface area contributed by atoms with Crippen LogP contribution in [0.5, 0.6) is 0 Å². The molecular formula is C23H31N5O4. The Labute approximate surface area is 188 Å². The molecule has 0 spiro atoms. The summed E-state index contributed by atoms with van der Waals surface area (Å²) in [5, 5.41) is 7.36. The van der Waals surface area contributed by atoms with Crippen LogP contribution in [0.15, 0.2) is 24.4 Å². The lowest BCUT2D eigenvalue weighted by molar-refractivity contribution is -0.136. The van der Waals surface area contributed by atoms with Crippen molar-refractivity contribution in [2.75, 3.05) is 38.1 Å². The van der Waals surface area contributed by atoms with E-state index in [4.69, 9.17) is 4.74 Å². The summed E-state index contributed by atoms with van der Waals surface area (Å²) in [6.07, 6.45) is 1.34. The molecule has 3 amide bonds. The number of carbonyl (C=O) groups is 3. The van der Waals surface area contributed by atoms with E-state index in [1.54, 1.807) is 41.4 Å². The highest BCUT2D eigenvalue weighted by Crippen LogP contribution is 2.20. The highest BCUT2D eigenvalue weighted by Gasteiger charge is 2.29. The van der Waals surface area contributed by atoms with Crippen LogP contribution in [0, 0.1) is 20.8 Å². The largest absolute Gasteiger partial charge is 0.450 e. The van der Waals surface area contributed by atoms with Gasteiger partial charge in [-0.15, -0.1) is 0 Å². The van der Waals surface area contributed by atoms with Gasteiger partial charge in [-0.3, -0.25) is 14.3 Å². The van der Waals surface area contributed by atoms with E-state index in [1.165, 1.54) is 0 Å². The van der Waals surface area contributed by atoms with Gasteiger partial charge in [0.1, 0.15) is 6.04 Å². The summed E-state index contributed by atoms with van der Waals surface area (Å²) >= 11 is 0. The van der Waals surface area contributed by atoms with Gasteiger partial charge in [0, 0.05) is 37.9 Å². The van der Waals surface area contributed by atoms with Crippen molar-refractivity contribution in [1.82, 2.24) is 19.6 Å². The smallest absolute Gasteiger partial charge is 0.409 e. The van der Waals surface area contributed by atoms with E-state index in [1.807, 2.05) is 32.0 Å².